The highest BCUT2D eigenvalue weighted by atomic mass is 14.3. The predicted octanol–water partition coefficient (Wildman–Crippen LogP) is 5.35. The second-order valence-corrected chi connectivity index (χ2v) is 5.96. The maximum Gasteiger partial charge on any atom is -0.0133 e. The van der Waals surface area contributed by atoms with Crippen LogP contribution in [0.4, 0.5) is 0 Å². The van der Waals surface area contributed by atoms with Gasteiger partial charge in [0.2, 0.25) is 0 Å². The molecule has 17 heavy (non-hydrogen) atoms. The van der Waals surface area contributed by atoms with Crippen molar-refractivity contribution in [2.45, 2.75) is 58.8 Å². The second-order valence-electron chi connectivity index (χ2n) is 5.96. The van der Waals surface area contributed by atoms with Gasteiger partial charge in [0.1, 0.15) is 0 Å². The lowest BCUT2D eigenvalue weighted by Gasteiger charge is -2.24. The molecule has 2 rings (SSSR count). The molecule has 0 spiro atoms. The first-order valence-electron chi connectivity index (χ1n) is 7.24. The summed E-state index contributed by atoms with van der Waals surface area (Å²) in [6, 6.07) is 9.16. The fraction of sp³-hybridized carbons (Fsp3) is 0.647. The van der Waals surface area contributed by atoms with E-state index in [1.165, 1.54) is 19.3 Å². The zero-order valence-electron chi connectivity index (χ0n) is 11.7. The van der Waals surface area contributed by atoms with E-state index in [1.54, 1.807) is 11.1 Å². The minimum absolute atomic E-state index is 0.722. The quantitative estimate of drug-likeness (QED) is 0.601. The molecule has 0 saturated heterocycles. The summed E-state index contributed by atoms with van der Waals surface area (Å²) in [4.78, 5) is 0. The van der Waals surface area contributed by atoms with E-state index in [4.69, 9.17) is 0 Å². The van der Waals surface area contributed by atoms with E-state index in [-0.39, 0.29) is 0 Å². The van der Waals surface area contributed by atoms with Crippen molar-refractivity contribution in [2.24, 2.45) is 11.8 Å². The van der Waals surface area contributed by atoms with E-state index >= 15 is 0 Å². The van der Waals surface area contributed by atoms with Gasteiger partial charge in [0, 0.05) is 0 Å². The smallest absolute Gasteiger partial charge is 0.0133 e. The zero-order valence-corrected chi connectivity index (χ0v) is 11.7. The SMILES string of the molecule is CCC(C)C1CCC(C)C(C)c2ccccc21. The van der Waals surface area contributed by atoms with Crippen LogP contribution in [0.15, 0.2) is 24.3 Å². The molecule has 0 radical (unpaired) electrons. The third-order valence-corrected chi connectivity index (χ3v) is 5.00. The van der Waals surface area contributed by atoms with Gasteiger partial charge in [-0.05, 0) is 47.6 Å². The van der Waals surface area contributed by atoms with E-state index in [1.807, 2.05) is 0 Å². The van der Waals surface area contributed by atoms with Gasteiger partial charge >= 0.3 is 0 Å². The third kappa shape index (κ3) is 2.41. The average molecular weight is 230 g/mol. The largest absolute Gasteiger partial charge is 0.0651 e. The minimum Gasteiger partial charge on any atom is -0.0651 e. The van der Waals surface area contributed by atoms with Crippen LogP contribution >= 0.6 is 0 Å². The van der Waals surface area contributed by atoms with E-state index in [9.17, 15) is 0 Å². The molecule has 0 saturated carbocycles. The summed E-state index contributed by atoms with van der Waals surface area (Å²) >= 11 is 0. The van der Waals surface area contributed by atoms with Gasteiger partial charge < -0.3 is 0 Å². The van der Waals surface area contributed by atoms with Crippen molar-refractivity contribution < 1.29 is 0 Å². The topological polar surface area (TPSA) is 0 Å². The van der Waals surface area contributed by atoms with Crippen LogP contribution in [0.5, 0.6) is 0 Å². The van der Waals surface area contributed by atoms with Gasteiger partial charge in [-0.25, -0.2) is 0 Å². The number of fused-ring (bicyclic) bond motifs is 1. The molecule has 1 aromatic carbocycles. The van der Waals surface area contributed by atoms with Gasteiger partial charge in [-0.1, -0.05) is 58.4 Å². The van der Waals surface area contributed by atoms with Gasteiger partial charge in [0.05, 0.1) is 0 Å². The standard InChI is InChI=1S/C17H26/c1-5-12(2)15-11-10-13(3)14(4)16-8-6-7-9-17(15)16/h6-9,12-15H,5,10-11H2,1-4H3. The normalized spacial score (nSPS) is 30.5. The van der Waals surface area contributed by atoms with Crippen LogP contribution in [0.2, 0.25) is 0 Å². The van der Waals surface area contributed by atoms with Crippen LogP contribution in [0, 0.1) is 11.8 Å². The Labute approximate surface area is 106 Å². The lowest BCUT2D eigenvalue weighted by atomic mass is 9.81. The van der Waals surface area contributed by atoms with Gasteiger partial charge in [-0.3, -0.25) is 0 Å². The highest BCUT2D eigenvalue weighted by molar-refractivity contribution is 5.35. The van der Waals surface area contributed by atoms with Crippen LogP contribution in [0.1, 0.15) is 69.9 Å². The van der Waals surface area contributed by atoms with Crippen LogP contribution in [0.3, 0.4) is 0 Å². The van der Waals surface area contributed by atoms with Crippen molar-refractivity contribution in [3.8, 4) is 0 Å². The first kappa shape index (κ1) is 12.7. The Morgan fingerprint density at radius 1 is 1.12 bits per heavy atom. The zero-order chi connectivity index (χ0) is 12.4. The van der Waals surface area contributed by atoms with Gasteiger partial charge in [-0.2, -0.15) is 0 Å². The Morgan fingerprint density at radius 3 is 2.41 bits per heavy atom. The van der Waals surface area contributed by atoms with Crippen LogP contribution in [0.25, 0.3) is 0 Å². The molecule has 94 valence electrons. The van der Waals surface area contributed by atoms with Crippen LogP contribution in [-0.2, 0) is 0 Å². The summed E-state index contributed by atoms with van der Waals surface area (Å²) in [5.41, 5.74) is 3.25. The molecular weight excluding hydrogens is 204 g/mol. The highest BCUT2D eigenvalue weighted by Gasteiger charge is 2.28. The molecule has 0 nitrogen and oxygen atoms in total. The van der Waals surface area contributed by atoms with Gasteiger partial charge in [0.25, 0.3) is 0 Å². The molecule has 0 aliphatic heterocycles. The lowest BCUT2D eigenvalue weighted by molar-refractivity contribution is 0.383. The second kappa shape index (κ2) is 5.25. The van der Waals surface area contributed by atoms with Crippen molar-refractivity contribution in [1.29, 1.82) is 0 Å². The number of benzene rings is 1. The molecule has 0 N–H and O–H groups in total. The molecule has 1 aromatic rings. The molecule has 0 aromatic heterocycles. The fourth-order valence-corrected chi connectivity index (χ4v) is 3.29. The maximum atomic E-state index is 2.42. The van der Waals surface area contributed by atoms with Crippen molar-refractivity contribution in [3.63, 3.8) is 0 Å². The Bertz CT molecular complexity index is 366. The number of rotatable bonds is 2. The van der Waals surface area contributed by atoms with Crippen molar-refractivity contribution in [1.82, 2.24) is 0 Å². The fourth-order valence-electron chi connectivity index (χ4n) is 3.29. The minimum atomic E-state index is 0.722. The molecule has 0 heteroatoms. The Morgan fingerprint density at radius 2 is 1.76 bits per heavy atom. The Hall–Kier alpha value is -0.780. The van der Waals surface area contributed by atoms with E-state index < -0.39 is 0 Å². The first-order valence-corrected chi connectivity index (χ1v) is 7.24. The maximum absolute atomic E-state index is 2.42. The summed E-state index contributed by atoms with van der Waals surface area (Å²) in [5.74, 6) is 3.14. The lowest BCUT2D eigenvalue weighted by Crippen LogP contribution is -2.10. The molecule has 1 aliphatic rings. The van der Waals surface area contributed by atoms with Crippen molar-refractivity contribution in [2.75, 3.05) is 0 Å². The molecule has 4 atom stereocenters. The van der Waals surface area contributed by atoms with Gasteiger partial charge in [0.15, 0.2) is 0 Å². The molecule has 0 amide bonds. The van der Waals surface area contributed by atoms with E-state index in [0.717, 1.165) is 23.7 Å². The van der Waals surface area contributed by atoms with Gasteiger partial charge in [-0.15, -0.1) is 0 Å². The predicted molar refractivity (Wildman–Crippen MR) is 75.5 cm³/mol. The number of hydrogen-bond donors (Lipinski definition) is 0. The molecule has 0 heterocycles. The highest BCUT2D eigenvalue weighted by Crippen LogP contribution is 2.43. The van der Waals surface area contributed by atoms with Crippen molar-refractivity contribution in [3.05, 3.63) is 35.4 Å². The molecule has 4 unspecified atom stereocenters. The summed E-state index contributed by atoms with van der Waals surface area (Å²) in [5, 5.41) is 0. The summed E-state index contributed by atoms with van der Waals surface area (Å²) < 4.78 is 0. The molecule has 0 bridgehead atoms. The summed E-state index contributed by atoms with van der Waals surface area (Å²) in [6.45, 7) is 9.57. The van der Waals surface area contributed by atoms with E-state index in [2.05, 4.69) is 52.0 Å². The number of hydrogen-bond acceptors (Lipinski definition) is 0. The molecule has 1 aliphatic carbocycles. The molecular formula is C17H26. The van der Waals surface area contributed by atoms with E-state index in [0.29, 0.717) is 0 Å². The van der Waals surface area contributed by atoms with Crippen LogP contribution in [-0.4, -0.2) is 0 Å². The summed E-state index contributed by atoms with van der Waals surface area (Å²) in [6.07, 6.45) is 4.05. The first-order chi connectivity index (χ1) is 8.15. The summed E-state index contributed by atoms with van der Waals surface area (Å²) in [7, 11) is 0. The van der Waals surface area contributed by atoms with Crippen molar-refractivity contribution >= 4 is 0 Å². The average Bonchev–Trinajstić information content (AvgIpc) is 2.49. The van der Waals surface area contributed by atoms with Crippen LogP contribution < -0.4 is 0 Å². The molecule has 0 fully saturated rings. The Balaban J connectivity index is 2.42. The monoisotopic (exact) mass is 230 g/mol. The third-order valence-electron chi connectivity index (χ3n) is 5.00. The Kier molecular flexibility index (Phi) is 3.91.